The van der Waals surface area contributed by atoms with E-state index in [0.717, 1.165) is 29.5 Å². The van der Waals surface area contributed by atoms with Crippen LogP contribution in [0.2, 0.25) is 0 Å². The minimum atomic E-state index is -0.0941. The molecule has 6 heteroatoms. The highest BCUT2D eigenvalue weighted by atomic mass is 16.5. The number of nitrogens with one attached hydrogen (secondary N) is 1. The first-order chi connectivity index (χ1) is 15.7. The summed E-state index contributed by atoms with van der Waals surface area (Å²) in [6.07, 6.45) is 8.43. The molecule has 166 valence electrons. The van der Waals surface area contributed by atoms with Crippen LogP contribution in [0, 0.1) is 0 Å². The van der Waals surface area contributed by atoms with E-state index in [1.165, 1.54) is 24.9 Å². The number of hydrogen-bond acceptors (Lipinski definition) is 5. The number of fused-ring (bicyclic) bond motifs is 1. The standard InChI is InChI=1S/C26H29N3O3/c1-32-20-10-8-19(9-11-20)25(30)6-5-7-26(31)28-23-12-13-24(29-16-3-2-4-17-29)21-14-15-27-18-22(21)23/h8-15,18H,2-7,16-17H2,1H3,(H,28,31). The molecule has 1 aromatic heterocycles. The molecule has 1 aliphatic rings. The molecule has 4 rings (SSSR count). The molecule has 0 spiro atoms. The van der Waals surface area contributed by atoms with Gasteiger partial charge in [-0.05, 0) is 68.1 Å². The molecule has 0 unspecified atom stereocenters. The zero-order chi connectivity index (χ0) is 22.3. The lowest BCUT2D eigenvalue weighted by molar-refractivity contribution is -0.116. The van der Waals surface area contributed by atoms with Gasteiger partial charge in [0.05, 0.1) is 12.8 Å². The first kappa shape index (κ1) is 21.8. The number of aromatic nitrogens is 1. The number of hydrogen-bond donors (Lipinski definition) is 1. The average molecular weight is 432 g/mol. The van der Waals surface area contributed by atoms with E-state index in [1.54, 1.807) is 37.6 Å². The van der Waals surface area contributed by atoms with Gasteiger partial charge in [0, 0.05) is 60.3 Å². The van der Waals surface area contributed by atoms with Crippen LogP contribution in [0.3, 0.4) is 0 Å². The molecule has 2 heterocycles. The summed E-state index contributed by atoms with van der Waals surface area (Å²) in [6, 6.07) is 13.1. The van der Waals surface area contributed by atoms with Crippen molar-refractivity contribution < 1.29 is 14.3 Å². The molecule has 1 saturated heterocycles. The van der Waals surface area contributed by atoms with Gasteiger partial charge in [0.25, 0.3) is 0 Å². The van der Waals surface area contributed by atoms with E-state index in [-0.39, 0.29) is 18.1 Å². The summed E-state index contributed by atoms with van der Waals surface area (Å²) in [4.78, 5) is 31.6. The number of methoxy groups -OCH3 is 1. The molecule has 2 aromatic carbocycles. The van der Waals surface area contributed by atoms with E-state index in [0.29, 0.717) is 24.2 Å². The van der Waals surface area contributed by atoms with Crippen LogP contribution >= 0.6 is 0 Å². The molecule has 1 aliphatic heterocycles. The normalized spacial score (nSPS) is 13.7. The Bertz CT molecular complexity index is 1090. The first-order valence-electron chi connectivity index (χ1n) is 11.2. The molecule has 0 bridgehead atoms. The topological polar surface area (TPSA) is 71.5 Å². The van der Waals surface area contributed by atoms with Crippen LogP contribution < -0.4 is 15.0 Å². The van der Waals surface area contributed by atoms with E-state index < -0.39 is 0 Å². The van der Waals surface area contributed by atoms with E-state index in [4.69, 9.17) is 4.74 Å². The number of carbonyl (C=O) groups is 2. The molecule has 1 fully saturated rings. The van der Waals surface area contributed by atoms with Crippen molar-refractivity contribution in [1.29, 1.82) is 0 Å². The monoisotopic (exact) mass is 431 g/mol. The van der Waals surface area contributed by atoms with Crippen LogP contribution in [0.5, 0.6) is 5.75 Å². The number of pyridine rings is 1. The molecular formula is C26H29N3O3. The number of amides is 1. The lowest BCUT2D eigenvalue weighted by atomic mass is 10.0. The number of carbonyl (C=O) groups excluding carboxylic acids is 2. The second-order valence-electron chi connectivity index (χ2n) is 8.15. The summed E-state index contributed by atoms with van der Waals surface area (Å²) in [6.45, 7) is 2.12. The zero-order valence-corrected chi connectivity index (χ0v) is 18.5. The molecule has 32 heavy (non-hydrogen) atoms. The van der Waals surface area contributed by atoms with Crippen molar-refractivity contribution in [2.75, 3.05) is 30.4 Å². The lowest BCUT2D eigenvalue weighted by Crippen LogP contribution is -2.29. The summed E-state index contributed by atoms with van der Waals surface area (Å²) < 4.78 is 5.12. The van der Waals surface area contributed by atoms with Gasteiger partial charge in [-0.2, -0.15) is 0 Å². The zero-order valence-electron chi connectivity index (χ0n) is 18.5. The molecule has 0 aliphatic carbocycles. The molecule has 1 amide bonds. The van der Waals surface area contributed by atoms with E-state index in [2.05, 4.69) is 21.3 Å². The van der Waals surface area contributed by atoms with Crippen molar-refractivity contribution in [3.8, 4) is 5.75 Å². The van der Waals surface area contributed by atoms with E-state index in [1.807, 2.05) is 18.3 Å². The third-order valence-electron chi connectivity index (χ3n) is 5.99. The van der Waals surface area contributed by atoms with Crippen LogP contribution in [-0.2, 0) is 4.79 Å². The lowest BCUT2D eigenvalue weighted by Gasteiger charge is -2.30. The highest BCUT2D eigenvalue weighted by Crippen LogP contribution is 2.33. The molecule has 1 N–H and O–H groups in total. The maximum absolute atomic E-state index is 12.6. The quantitative estimate of drug-likeness (QED) is 0.495. The third kappa shape index (κ3) is 5.07. The number of benzene rings is 2. The van der Waals surface area contributed by atoms with Crippen LogP contribution in [0.25, 0.3) is 10.8 Å². The largest absolute Gasteiger partial charge is 0.497 e. The summed E-state index contributed by atoms with van der Waals surface area (Å²) in [5.74, 6) is 0.651. The predicted molar refractivity (Wildman–Crippen MR) is 128 cm³/mol. The summed E-state index contributed by atoms with van der Waals surface area (Å²) in [7, 11) is 1.59. The fraction of sp³-hybridized carbons (Fsp3) is 0.346. The van der Waals surface area contributed by atoms with Crippen molar-refractivity contribution in [2.45, 2.75) is 38.5 Å². The van der Waals surface area contributed by atoms with Gasteiger partial charge in [0.1, 0.15) is 5.75 Å². The van der Waals surface area contributed by atoms with Gasteiger partial charge in [-0.15, -0.1) is 0 Å². The minimum absolute atomic E-state index is 0.0287. The summed E-state index contributed by atoms with van der Waals surface area (Å²) >= 11 is 0. The maximum Gasteiger partial charge on any atom is 0.224 e. The number of ether oxygens (including phenoxy) is 1. The van der Waals surface area contributed by atoms with Gasteiger partial charge in [-0.1, -0.05) is 0 Å². The van der Waals surface area contributed by atoms with Crippen LogP contribution in [0.4, 0.5) is 11.4 Å². The Morgan fingerprint density at radius 3 is 2.50 bits per heavy atom. The van der Waals surface area contributed by atoms with Gasteiger partial charge < -0.3 is 15.0 Å². The minimum Gasteiger partial charge on any atom is -0.497 e. The molecule has 6 nitrogen and oxygen atoms in total. The van der Waals surface area contributed by atoms with E-state index in [9.17, 15) is 9.59 Å². The van der Waals surface area contributed by atoms with Gasteiger partial charge in [-0.3, -0.25) is 14.6 Å². The first-order valence-corrected chi connectivity index (χ1v) is 11.2. The number of rotatable bonds is 8. The Labute approximate surface area is 188 Å². The number of piperidine rings is 1. The molecule has 0 atom stereocenters. The van der Waals surface area contributed by atoms with Gasteiger partial charge in [-0.25, -0.2) is 0 Å². The van der Waals surface area contributed by atoms with Crippen LogP contribution in [0.15, 0.2) is 54.9 Å². The van der Waals surface area contributed by atoms with Crippen molar-refractivity contribution in [3.05, 3.63) is 60.4 Å². The second-order valence-corrected chi connectivity index (χ2v) is 8.15. The third-order valence-corrected chi connectivity index (χ3v) is 5.99. The average Bonchev–Trinajstić information content (AvgIpc) is 2.85. The summed E-state index contributed by atoms with van der Waals surface area (Å²) in [5.41, 5.74) is 2.60. The predicted octanol–water partition coefficient (Wildman–Crippen LogP) is 5.23. The summed E-state index contributed by atoms with van der Waals surface area (Å²) in [5, 5.41) is 5.07. The Kier molecular flexibility index (Phi) is 7.00. The van der Waals surface area contributed by atoms with Crippen molar-refractivity contribution in [1.82, 2.24) is 4.98 Å². The molecular weight excluding hydrogens is 402 g/mol. The van der Waals surface area contributed by atoms with Crippen LogP contribution in [0.1, 0.15) is 48.9 Å². The second kappa shape index (κ2) is 10.3. The SMILES string of the molecule is COc1ccc(C(=O)CCCC(=O)Nc2ccc(N3CCCCC3)c3ccncc23)cc1. The Hall–Kier alpha value is -3.41. The number of nitrogens with zero attached hydrogens (tertiary/aromatic N) is 2. The number of ketones is 1. The molecule has 3 aromatic rings. The fourth-order valence-corrected chi connectivity index (χ4v) is 4.24. The Balaban J connectivity index is 1.37. The maximum atomic E-state index is 12.6. The van der Waals surface area contributed by atoms with Gasteiger partial charge >= 0.3 is 0 Å². The Morgan fingerprint density at radius 2 is 1.75 bits per heavy atom. The van der Waals surface area contributed by atoms with Gasteiger partial charge in [0.15, 0.2) is 5.78 Å². The van der Waals surface area contributed by atoms with Crippen molar-refractivity contribution >= 4 is 33.8 Å². The van der Waals surface area contributed by atoms with Crippen molar-refractivity contribution in [3.63, 3.8) is 0 Å². The van der Waals surface area contributed by atoms with Crippen molar-refractivity contribution in [2.24, 2.45) is 0 Å². The molecule has 0 saturated carbocycles. The van der Waals surface area contributed by atoms with Crippen LogP contribution in [-0.4, -0.2) is 36.9 Å². The van der Waals surface area contributed by atoms with E-state index >= 15 is 0 Å². The fourth-order valence-electron chi connectivity index (χ4n) is 4.24. The number of anilines is 2. The number of Topliss-reactive ketones (excluding diaryl/α,β-unsaturated/α-hetero) is 1. The highest BCUT2D eigenvalue weighted by molar-refractivity contribution is 6.06. The molecule has 0 radical (unpaired) electrons. The van der Waals surface area contributed by atoms with Gasteiger partial charge in [0.2, 0.25) is 5.91 Å². The Morgan fingerprint density at radius 1 is 0.969 bits per heavy atom. The highest BCUT2D eigenvalue weighted by Gasteiger charge is 2.16. The smallest absolute Gasteiger partial charge is 0.224 e.